The van der Waals surface area contributed by atoms with Gasteiger partial charge in [0.15, 0.2) is 0 Å². The SMILES string of the molecule is O=C(O)c1ccncc1C(=O)Nc1ccc(I)cc1. The molecule has 0 aliphatic heterocycles. The van der Waals surface area contributed by atoms with Gasteiger partial charge in [0.05, 0.1) is 11.1 Å². The summed E-state index contributed by atoms with van der Waals surface area (Å²) < 4.78 is 1.04. The van der Waals surface area contributed by atoms with Crippen LogP contribution in [0.25, 0.3) is 0 Å². The van der Waals surface area contributed by atoms with Crippen LogP contribution in [0.3, 0.4) is 0 Å². The van der Waals surface area contributed by atoms with Gasteiger partial charge in [-0.25, -0.2) is 4.79 Å². The van der Waals surface area contributed by atoms with E-state index in [9.17, 15) is 9.59 Å². The summed E-state index contributed by atoms with van der Waals surface area (Å²) in [5.41, 5.74) is 0.567. The zero-order valence-electron chi connectivity index (χ0n) is 9.63. The van der Waals surface area contributed by atoms with Gasteiger partial charge in [-0.1, -0.05) is 0 Å². The van der Waals surface area contributed by atoms with Crippen molar-refractivity contribution in [2.75, 3.05) is 5.32 Å². The summed E-state index contributed by atoms with van der Waals surface area (Å²) in [5.74, 6) is -1.65. The second kappa shape index (κ2) is 5.79. The van der Waals surface area contributed by atoms with Gasteiger partial charge in [0.2, 0.25) is 0 Å². The second-order valence-corrected chi connectivity index (χ2v) is 4.93. The highest BCUT2D eigenvalue weighted by Crippen LogP contribution is 2.14. The number of carbonyl (C=O) groups excluding carboxylic acids is 1. The summed E-state index contributed by atoms with van der Waals surface area (Å²) in [6.45, 7) is 0. The van der Waals surface area contributed by atoms with Crippen molar-refractivity contribution < 1.29 is 14.7 Å². The van der Waals surface area contributed by atoms with E-state index in [1.54, 1.807) is 12.1 Å². The number of halogens is 1. The first-order valence-corrected chi connectivity index (χ1v) is 6.40. The van der Waals surface area contributed by atoms with Gasteiger partial charge in [-0.2, -0.15) is 0 Å². The lowest BCUT2D eigenvalue weighted by Gasteiger charge is -2.07. The molecule has 0 spiro atoms. The van der Waals surface area contributed by atoms with Crippen LogP contribution in [0, 0.1) is 3.57 Å². The molecule has 2 N–H and O–H groups in total. The fraction of sp³-hybridized carbons (Fsp3) is 0. The molecule has 1 aromatic heterocycles. The first kappa shape index (κ1) is 13.5. The third-order valence-electron chi connectivity index (χ3n) is 2.40. The molecule has 19 heavy (non-hydrogen) atoms. The van der Waals surface area contributed by atoms with Crippen molar-refractivity contribution in [3.05, 3.63) is 57.4 Å². The Kier molecular flexibility index (Phi) is 4.10. The molecular formula is C13H9IN2O3. The van der Waals surface area contributed by atoms with Crippen LogP contribution in [0.15, 0.2) is 42.7 Å². The number of anilines is 1. The number of aromatic carboxylic acids is 1. The number of pyridine rings is 1. The molecule has 1 heterocycles. The number of hydrogen-bond acceptors (Lipinski definition) is 3. The highest BCUT2D eigenvalue weighted by Gasteiger charge is 2.16. The number of hydrogen-bond donors (Lipinski definition) is 2. The third-order valence-corrected chi connectivity index (χ3v) is 3.12. The lowest BCUT2D eigenvalue weighted by atomic mass is 10.1. The lowest BCUT2D eigenvalue weighted by Crippen LogP contribution is -2.16. The predicted octanol–water partition coefficient (Wildman–Crippen LogP) is 2.64. The number of carboxylic acids is 1. The molecule has 0 bridgehead atoms. The monoisotopic (exact) mass is 368 g/mol. The molecule has 0 aliphatic carbocycles. The van der Waals surface area contributed by atoms with Crippen molar-refractivity contribution in [3.63, 3.8) is 0 Å². The Morgan fingerprint density at radius 1 is 1.11 bits per heavy atom. The van der Waals surface area contributed by atoms with Crippen molar-refractivity contribution in [1.29, 1.82) is 0 Å². The molecule has 0 atom stereocenters. The van der Waals surface area contributed by atoms with Gasteiger partial charge in [0.1, 0.15) is 0 Å². The van der Waals surface area contributed by atoms with E-state index >= 15 is 0 Å². The Morgan fingerprint density at radius 3 is 2.42 bits per heavy atom. The van der Waals surface area contributed by atoms with E-state index in [-0.39, 0.29) is 11.1 Å². The molecular weight excluding hydrogens is 359 g/mol. The lowest BCUT2D eigenvalue weighted by molar-refractivity contribution is 0.0692. The van der Waals surface area contributed by atoms with E-state index in [1.165, 1.54) is 18.5 Å². The minimum absolute atomic E-state index is 0.0357. The molecule has 1 amide bonds. The molecule has 1 aromatic carbocycles. The quantitative estimate of drug-likeness (QED) is 0.817. The Morgan fingerprint density at radius 2 is 1.79 bits per heavy atom. The largest absolute Gasteiger partial charge is 0.478 e. The van der Waals surface area contributed by atoms with Gasteiger partial charge in [-0.05, 0) is 52.9 Å². The van der Waals surface area contributed by atoms with Crippen molar-refractivity contribution in [1.82, 2.24) is 4.98 Å². The summed E-state index contributed by atoms with van der Waals surface area (Å²) >= 11 is 2.16. The summed E-state index contributed by atoms with van der Waals surface area (Å²) in [6.07, 6.45) is 2.58. The van der Waals surface area contributed by atoms with E-state index in [0.29, 0.717) is 5.69 Å². The summed E-state index contributed by atoms with van der Waals surface area (Å²) in [5, 5.41) is 11.6. The molecule has 0 saturated carbocycles. The molecule has 6 heteroatoms. The van der Waals surface area contributed by atoms with Crippen molar-refractivity contribution in [2.45, 2.75) is 0 Å². The average Bonchev–Trinajstić information content (AvgIpc) is 2.41. The average molecular weight is 368 g/mol. The normalized spacial score (nSPS) is 9.95. The predicted molar refractivity (Wildman–Crippen MR) is 78.3 cm³/mol. The van der Waals surface area contributed by atoms with Gasteiger partial charge in [-0.15, -0.1) is 0 Å². The summed E-state index contributed by atoms with van der Waals surface area (Å²) in [7, 11) is 0. The van der Waals surface area contributed by atoms with Gasteiger partial charge in [-0.3, -0.25) is 9.78 Å². The Bertz CT molecular complexity index is 626. The number of aromatic nitrogens is 1. The number of nitrogens with zero attached hydrogens (tertiary/aromatic N) is 1. The molecule has 0 aliphatic rings. The maximum atomic E-state index is 12.0. The molecule has 0 saturated heterocycles. The third kappa shape index (κ3) is 3.28. The number of benzene rings is 1. The minimum atomic E-state index is -1.16. The molecule has 5 nitrogen and oxygen atoms in total. The Balaban J connectivity index is 2.25. The smallest absolute Gasteiger partial charge is 0.336 e. The van der Waals surface area contributed by atoms with Gasteiger partial charge in [0, 0.05) is 21.7 Å². The standard InChI is InChI=1S/C13H9IN2O3/c14-8-1-3-9(4-2-8)16-12(17)11-7-15-6-5-10(11)13(18)19/h1-7H,(H,16,17)(H,18,19). The van der Waals surface area contributed by atoms with Crippen molar-refractivity contribution in [3.8, 4) is 0 Å². The van der Waals surface area contributed by atoms with Crippen LogP contribution in [-0.2, 0) is 0 Å². The zero-order chi connectivity index (χ0) is 13.8. The summed E-state index contributed by atoms with van der Waals surface area (Å²) in [4.78, 5) is 26.8. The highest BCUT2D eigenvalue weighted by molar-refractivity contribution is 14.1. The van der Waals surface area contributed by atoms with Crippen LogP contribution < -0.4 is 5.32 Å². The molecule has 0 radical (unpaired) electrons. The number of nitrogens with one attached hydrogen (secondary N) is 1. The van der Waals surface area contributed by atoms with E-state index < -0.39 is 11.9 Å². The van der Waals surface area contributed by atoms with Crippen LogP contribution in [0.5, 0.6) is 0 Å². The molecule has 0 fully saturated rings. The van der Waals surface area contributed by atoms with Gasteiger partial charge < -0.3 is 10.4 Å². The fourth-order valence-corrected chi connectivity index (χ4v) is 1.85. The number of carbonyl (C=O) groups is 2. The minimum Gasteiger partial charge on any atom is -0.478 e. The first-order valence-electron chi connectivity index (χ1n) is 5.32. The number of amides is 1. The van der Waals surface area contributed by atoms with Crippen LogP contribution in [0.1, 0.15) is 20.7 Å². The van der Waals surface area contributed by atoms with E-state index in [2.05, 4.69) is 32.9 Å². The maximum Gasteiger partial charge on any atom is 0.336 e. The molecule has 2 rings (SSSR count). The molecule has 0 unspecified atom stereocenters. The number of carboxylic acid groups (broad SMARTS) is 1. The van der Waals surface area contributed by atoms with E-state index in [0.717, 1.165) is 3.57 Å². The van der Waals surface area contributed by atoms with Crippen LogP contribution in [-0.4, -0.2) is 22.0 Å². The molecule has 96 valence electrons. The topological polar surface area (TPSA) is 79.3 Å². The zero-order valence-corrected chi connectivity index (χ0v) is 11.8. The Labute approximate surface area is 122 Å². The van der Waals surface area contributed by atoms with Crippen LogP contribution >= 0.6 is 22.6 Å². The van der Waals surface area contributed by atoms with Gasteiger partial charge >= 0.3 is 5.97 Å². The van der Waals surface area contributed by atoms with E-state index in [4.69, 9.17) is 5.11 Å². The second-order valence-electron chi connectivity index (χ2n) is 3.69. The fourth-order valence-electron chi connectivity index (χ4n) is 1.49. The van der Waals surface area contributed by atoms with Crippen molar-refractivity contribution >= 4 is 40.2 Å². The first-order chi connectivity index (χ1) is 9.08. The van der Waals surface area contributed by atoms with E-state index in [1.807, 2.05) is 12.1 Å². The van der Waals surface area contributed by atoms with Crippen LogP contribution in [0.4, 0.5) is 5.69 Å². The highest BCUT2D eigenvalue weighted by atomic mass is 127. The van der Waals surface area contributed by atoms with Crippen molar-refractivity contribution in [2.24, 2.45) is 0 Å². The Hall–Kier alpha value is -1.96. The maximum absolute atomic E-state index is 12.0. The molecule has 2 aromatic rings. The van der Waals surface area contributed by atoms with Gasteiger partial charge in [0.25, 0.3) is 5.91 Å². The van der Waals surface area contributed by atoms with Crippen LogP contribution in [0.2, 0.25) is 0 Å². The summed E-state index contributed by atoms with van der Waals surface area (Å²) in [6, 6.07) is 8.48. The number of rotatable bonds is 3.